The van der Waals surface area contributed by atoms with Crippen LogP contribution < -0.4 is 0 Å². The van der Waals surface area contributed by atoms with E-state index in [4.69, 9.17) is 14.2 Å². The van der Waals surface area contributed by atoms with Gasteiger partial charge in [0.05, 0.1) is 13.2 Å². The molecule has 0 aliphatic carbocycles. The molecule has 0 unspecified atom stereocenters. The van der Waals surface area contributed by atoms with Crippen LogP contribution in [0, 0.1) is 0 Å². The summed E-state index contributed by atoms with van der Waals surface area (Å²) in [6.07, 6.45) is 3.97. The number of hydrogen-bond acceptors (Lipinski definition) is 6. The zero-order valence-corrected chi connectivity index (χ0v) is 14.8. The molecule has 2 heterocycles. The number of ketones is 1. The number of hydrogen-bond donors (Lipinski definition) is 1. The Morgan fingerprint density at radius 3 is 2.42 bits per heavy atom. The normalized spacial score (nSPS) is 31.9. The topological polar surface area (TPSA) is 82.1 Å². The first-order valence-electron chi connectivity index (χ1n) is 9.21. The van der Waals surface area contributed by atoms with E-state index in [0.717, 1.165) is 38.5 Å². The summed E-state index contributed by atoms with van der Waals surface area (Å²) in [5.74, 6) is -0.539. The first-order valence-corrected chi connectivity index (χ1v) is 9.21. The second kappa shape index (κ2) is 8.92. The van der Waals surface area contributed by atoms with Crippen LogP contribution in [0.2, 0.25) is 0 Å². The Kier molecular flexibility index (Phi) is 7.19. The van der Waals surface area contributed by atoms with Gasteiger partial charge in [0.1, 0.15) is 18.3 Å². The molecule has 1 N–H and O–H groups in total. The van der Waals surface area contributed by atoms with Gasteiger partial charge in [-0.3, -0.25) is 9.59 Å². The fourth-order valence-corrected chi connectivity index (χ4v) is 3.40. The standard InChI is InChI=1S/C18H30O6/c1-3-5-7-9-14(20)18(24-15(21)10-8-6-4-2)12-23-16-13(19)11-22-17(16)18/h13,16-17,19H,3-12H2,1-2H3/t13-,16-,17+,18-/m1/s1. The molecule has 0 aromatic carbocycles. The van der Waals surface area contributed by atoms with Crippen molar-refractivity contribution in [1.82, 2.24) is 0 Å². The van der Waals surface area contributed by atoms with Crippen molar-refractivity contribution in [2.24, 2.45) is 0 Å². The van der Waals surface area contributed by atoms with Crippen molar-refractivity contribution in [2.45, 2.75) is 89.1 Å². The molecule has 0 saturated carbocycles. The second-order valence-corrected chi connectivity index (χ2v) is 6.80. The lowest BCUT2D eigenvalue weighted by atomic mass is 9.88. The van der Waals surface area contributed by atoms with Crippen LogP contribution in [-0.4, -0.2) is 54.0 Å². The van der Waals surface area contributed by atoms with E-state index in [1.807, 2.05) is 0 Å². The highest BCUT2D eigenvalue weighted by atomic mass is 16.6. The maximum absolute atomic E-state index is 12.8. The fraction of sp³-hybridized carbons (Fsp3) is 0.889. The first-order chi connectivity index (χ1) is 11.5. The summed E-state index contributed by atoms with van der Waals surface area (Å²) in [6, 6.07) is 0. The number of aliphatic hydroxyl groups excluding tert-OH is 1. The minimum atomic E-state index is -1.39. The first kappa shape index (κ1) is 19.3. The van der Waals surface area contributed by atoms with Gasteiger partial charge in [-0.15, -0.1) is 0 Å². The van der Waals surface area contributed by atoms with Gasteiger partial charge in [-0.2, -0.15) is 0 Å². The summed E-state index contributed by atoms with van der Waals surface area (Å²) in [4.78, 5) is 25.1. The number of Topliss-reactive ketones (excluding diaryl/α,β-unsaturated/α-hetero) is 1. The number of fused-ring (bicyclic) bond motifs is 1. The van der Waals surface area contributed by atoms with E-state index < -0.39 is 23.9 Å². The molecule has 0 spiro atoms. The molecular weight excluding hydrogens is 312 g/mol. The van der Waals surface area contributed by atoms with E-state index in [2.05, 4.69) is 13.8 Å². The molecule has 0 aromatic heterocycles. The lowest BCUT2D eigenvalue weighted by Gasteiger charge is -2.31. The third kappa shape index (κ3) is 4.16. The van der Waals surface area contributed by atoms with Gasteiger partial charge in [0.25, 0.3) is 0 Å². The van der Waals surface area contributed by atoms with Gasteiger partial charge in [-0.25, -0.2) is 0 Å². The van der Waals surface area contributed by atoms with E-state index in [1.54, 1.807) is 0 Å². The molecule has 0 radical (unpaired) electrons. The SMILES string of the molecule is CCCCCC(=O)O[C@@]1(C(=O)CCCCC)CO[C@@H]2[C@H](O)CO[C@@H]21. The van der Waals surface area contributed by atoms with Crippen molar-refractivity contribution < 1.29 is 28.9 Å². The molecule has 2 fully saturated rings. The van der Waals surface area contributed by atoms with Crippen molar-refractivity contribution in [1.29, 1.82) is 0 Å². The predicted molar refractivity (Wildman–Crippen MR) is 87.6 cm³/mol. The van der Waals surface area contributed by atoms with Crippen molar-refractivity contribution in [3.05, 3.63) is 0 Å². The van der Waals surface area contributed by atoms with Crippen LogP contribution >= 0.6 is 0 Å². The van der Waals surface area contributed by atoms with Crippen LogP contribution in [-0.2, 0) is 23.8 Å². The summed E-state index contributed by atoms with van der Waals surface area (Å²) in [6.45, 7) is 4.21. The fourth-order valence-electron chi connectivity index (χ4n) is 3.40. The van der Waals surface area contributed by atoms with Crippen molar-refractivity contribution in [3.63, 3.8) is 0 Å². The maximum atomic E-state index is 12.8. The Balaban J connectivity index is 2.07. The number of carbonyl (C=O) groups is 2. The molecule has 6 nitrogen and oxygen atoms in total. The minimum absolute atomic E-state index is 0.0239. The van der Waals surface area contributed by atoms with Crippen molar-refractivity contribution >= 4 is 11.8 Å². The van der Waals surface area contributed by atoms with Crippen LogP contribution in [0.15, 0.2) is 0 Å². The van der Waals surface area contributed by atoms with Crippen molar-refractivity contribution in [2.75, 3.05) is 13.2 Å². The number of esters is 1. The Morgan fingerprint density at radius 2 is 1.75 bits per heavy atom. The quantitative estimate of drug-likeness (QED) is 0.484. The average molecular weight is 342 g/mol. The molecule has 0 aromatic rings. The van der Waals surface area contributed by atoms with Gasteiger partial charge in [0.2, 0.25) is 5.60 Å². The third-order valence-electron chi connectivity index (χ3n) is 4.83. The molecule has 2 aliphatic heterocycles. The summed E-state index contributed by atoms with van der Waals surface area (Å²) in [5, 5.41) is 9.93. The van der Waals surface area contributed by atoms with E-state index >= 15 is 0 Å². The number of carbonyl (C=O) groups excluding carboxylic acids is 2. The highest BCUT2D eigenvalue weighted by molar-refractivity contribution is 5.91. The molecule has 2 saturated heterocycles. The Morgan fingerprint density at radius 1 is 1.08 bits per heavy atom. The zero-order valence-electron chi connectivity index (χ0n) is 14.8. The molecule has 0 amide bonds. The highest BCUT2D eigenvalue weighted by Crippen LogP contribution is 2.39. The molecule has 2 rings (SSSR count). The van der Waals surface area contributed by atoms with E-state index in [0.29, 0.717) is 6.42 Å². The van der Waals surface area contributed by atoms with Gasteiger partial charge in [0.15, 0.2) is 5.78 Å². The van der Waals surface area contributed by atoms with E-state index in [9.17, 15) is 14.7 Å². The van der Waals surface area contributed by atoms with Gasteiger partial charge >= 0.3 is 5.97 Å². The molecule has 138 valence electrons. The highest BCUT2D eigenvalue weighted by Gasteiger charge is 2.62. The monoisotopic (exact) mass is 342 g/mol. The smallest absolute Gasteiger partial charge is 0.306 e. The van der Waals surface area contributed by atoms with Gasteiger partial charge in [0, 0.05) is 12.8 Å². The van der Waals surface area contributed by atoms with Crippen molar-refractivity contribution in [3.8, 4) is 0 Å². The lowest BCUT2D eigenvalue weighted by Crippen LogP contribution is -2.54. The maximum Gasteiger partial charge on any atom is 0.306 e. The van der Waals surface area contributed by atoms with Gasteiger partial charge in [-0.05, 0) is 12.8 Å². The summed E-state index contributed by atoms with van der Waals surface area (Å²) >= 11 is 0. The zero-order chi connectivity index (χ0) is 17.6. The van der Waals surface area contributed by atoms with Crippen LogP contribution in [0.25, 0.3) is 0 Å². The van der Waals surface area contributed by atoms with Gasteiger partial charge < -0.3 is 19.3 Å². The third-order valence-corrected chi connectivity index (χ3v) is 4.83. The Bertz CT molecular complexity index is 437. The van der Waals surface area contributed by atoms with Crippen LogP contribution in [0.1, 0.15) is 65.2 Å². The summed E-state index contributed by atoms with van der Waals surface area (Å²) in [7, 11) is 0. The van der Waals surface area contributed by atoms with Crippen LogP contribution in [0.3, 0.4) is 0 Å². The lowest BCUT2D eigenvalue weighted by molar-refractivity contribution is -0.178. The number of rotatable bonds is 10. The van der Waals surface area contributed by atoms with E-state index in [-0.39, 0.29) is 31.4 Å². The number of unbranched alkanes of at least 4 members (excludes halogenated alkanes) is 4. The number of aliphatic hydroxyl groups is 1. The molecule has 2 aliphatic rings. The minimum Gasteiger partial charge on any atom is -0.446 e. The Labute approximate surface area is 143 Å². The summed E-state index contributed by atoms with van der Waals surface area (Å²) < 4.78 is 16.8. The molecule has 24 heavy (non-hydrogen) atoms. The van der Waals surface area contributed by atoms with Gasteiger partial charge in [-0.1, -0.05) is 39.5 Å². The summed E-state index contributed by atoms with van der Waals surface area (Å²) in [5.41, 5.74) is -1.39. The second-order valence-electron chi connectivity index (χ2n) is 6.80. The molecule has 4 atom stereocenters. The molecule has 6 heteroatoms. The predicted octanol–water partition coefficient (Wildman–Crippen LogP) is 2.16. The Hall–Kier alpha value is -0.980. The van der Waals surface area contributed by atoms with E-state index in [1.165, 1.54) is 0 Å². The molecular formula is C18H30O6. The average Bonchev–Trinajstić information content (AvgIpc) is 3.10. The van der Waals surface area contributed by atoms with Crippen LogP contribution in [0.4, 0.5) is 0 Å². The largest absolute Gasteiger partial charge is 0.446 e. The van der Waals surface area contributed by atoms with Crippen LogP contribution in [0.5, 0.6) is 0 Å². The number of ether oxygens (including phenoxy) is 3. The molecule has 0 bridgehead atoms.